The van der Waals surface area contributed by atoms with Gasteiger partial charge in [0.25, 0.3) is 0 Å². The van der Waals surface area contributed by atoms with Crippen LogP contribution in [-0.2, 0) is 27.6 Å². The number of phenols is 1. The Morgan fingerprint density at radius 2 is 1.72 bits per heavy atom. The Hall–Kier alpha value is -1.14. The zero-order valence-corrected chi connectivity index (χ0v) is 11.0. The predicted molar refractivity (Wildman–Crippen MR) is 65.0 cm³/mol. The van der Waals surface area contributed by atoms with E-state index in [0.29, 0.717) is 54.2 Å². The topological polar surface area (TPSA) is 72.8 Å². The van der Waals surface area contributed by atoms with E-state index in [4.69, 9.17) is 20.2 Å². The number of fused-ring (bicyclic) bond motifs is 2. The van der Waals surface area contributed by atoms with Gasteiger partial charge in [0, 0.05) is 40.2 Å². The van der Waals surface area contributed by atoms with Crippen LogP contribution in [0.5, 0.6) is 17.2 Å². The Morgan fingerprint density at radius 1 is 1.11 bits per heavy atom. The van der Waals surface area contributed by atoms with Gasteiger partial charge in [-0.1, -0.05) is 0 Å². The molecule has 1 aromatic rings. The third-order valence-electron chi connectivity index (χ3n) is 3.20. The van der Waals surface area contributed by atoms with Gasteiger partial charge in [-0.3, -0.25) is 0 Å². The summed E-state index contributed by atoms with van der Waals surface area (Å²) in [5.74, 6) is 0.615. The van der Waals surface area contributed by atoms with Crippen LogP contribution in [-0.4, -0.2) is 26.7 Å². The summed E-state index contributed by atoms with van der Waals surface area (Å²) in [5.41, 5.74) is 1.84. The van der Waals surface area contributed by atoms with E-state index in [9.17, 15) is 13.5 Å². The Kier molecular flexibility index (Phi) is 2.60. The Morgan fingerprint density at radius 3 is 2.39 bits per heavy atom. The van der Waals surface area contributed by atoms with Gasteiger partial charge in [-0.05, 0) is 0 Å². The van der Waals surface area contributed by atoms with Crippen LogP contribution in [0.3, 0.4) is 0 Å². The summed E-state index contributed by atoms with van der Waals surface area (Å²) in [6.45, 7) is 0.863. The number of hydrogen-bond acceptors (Lipinski definition) is 5. The summed E-state index contributed by atoms with van der Waals surface area (Å²) in [6.07, 6.45) is 1.11. The summed E-state index contributed by atoms with van der Waals surface area (Å²) in [7, 11) is 1.65. The van der Waals surface area contributed by atoms with Gasteiger partial charge in [0.2, 0.25) is 9.05 Å². The molecule has 0 spiro atoms. The summed E-state index contributed by atoms with van der Waals surface area (Å²) in [5, 5.41) is 10.1. The molecule has 5 nitrogen and oxygen atoms in total. The van der Waals surface area contributed by atoms with Crippen molar-refractivity contribution in [3.8, 4) is 17.2 Å². The van der Waals surface area contributed by atoms with Gasteiger partial charge in [0.05, 0.1) is 19.0 Å². The van der Waals surface area contributed by atoms with Crippen molar-refractivity contribution in [3.05, 3.63) is 16.7 Å². The first-order valence-corrected chi connectivity index (χ1v) is 8.02. The summed E-state index contributed by atoms with van der Waals surface area (Å²) in [6, 6.07) is 0. The van der Waals surface area contributed by atoms with Crippen molar-refractivity contribution in [1.29, 1.82) is 0 Å². The van der Waals surface area contributed by atoms with Gasteiger partial charge >= 0.3 is 0 Å². The highest BCUT2D eigenvalue weighted by Gasteiger charge is 2.32. The predicted octanol–water partition coefficient (Wildman–Crippen LogP) is 1.33. The monoisotopic (exact) mass is 290 g/mol. The first-order chi connectivity index (χ1) is 8.47. The lowest BCUT2D eigenvalue weighted by molar-refractivity contribution is 0.333. The third kappa shape index (κ3) is 1.80. The number of halogens is 1. The van der Waals surface area contributed by atoms with Gasteiger partial charge in [0.1, 0.15) is 5.75 Å². The lowest BCUT2D eigenvalue weighted by Crippen LogP contribution is -2.02. The second-order valence-electron chi connectivity index (χ2n) is 4.32. The molecule has 98 valence electrons. The molecule has 0 aromatic heterocycles. The van der Waals surface area contributed by atoms with E-state index in [2.05, 4.69) is 0 Å². The van der Waals surface area contributed by atoms with Gasteiger partial charge in [-0.25, -0.2) is 8.42 Å². The SMILES string of the molecule is O=S(=O)(Cl)Cc1c2c(c(O)c3c1OCC3)OCC2. The summed E-state index contributed by atoms with van der Waals surface area (Å²) >= 11 is 0. The maximum atomic E-state index is 11.3. The smallest absolute Gasteiger partial charge is 0.236 e. The zero-order valence-electron chi connectivity index (χ0n) is 9.40. The molecule has 0 amide bonds. The van der Waals surface area contributed by atoms with E-state index in [1.807, 2.05) is 0 Å². The highest BCUT2D eigenvalue weighted by atomic mass is 35.7. The molecule has 0 unspecified atom stereocenters. The molecule has 18 heavy (non-hydrogen) atoms. The molecule has 2 aliphatic heterocycles. The van der Waals surface area contributed by atoms with E-state index < -0.39 is 9.05 Å². The molecule has 0 fully saturated rings. The van der Waals surface area contributed by atoms with E-state index in [1.54, 1.807) is 0 Å². The van der Waals surface area contributed by atoms with Crippen LogP contribution in [0.1, 0.15) is 16.7 Å². The lowest BCUT2D eigenvalue weighted by Gasteiger charge is -2.13. The fourth-order valence-electron chi connectivity index (χ4n) is 2.51. The van der Waals surface area contributed by atoms with Gasteiger partial charge in [-0.15, -0.1) is 0 Å². The van der Waals surface area contributed by atoms with E-state index in [1.165, 1.54) is 0 Å². The molecule has 0 aliphatic carbocycles. The molecule has 0 saturated heterocycles. The second kappa shape index (κ2) is 3.93. The fourth-order valence-corrected chi connectivity index (χ4v) is 3.48. The third-order valence-corrected chi connectivity index (χ3v) is 4.16. The van der Waals surface area contributed by atoms with Crippen LogP contribution in [0.4, 0.5) is 0 Å². The van der Waals surface area contributed by atoms with E-state index in [-0.39, 0.29) is 11.5 Å². The number of aromatic hydroxyl groups is 1. The molecule has 0 atom stereocenters. The first kappa shape index (κ1) is 11.9. The van der Waals surface area contributed by atoms with E-state index in [0.717, 1.165) is 0 Å². The Balaban J connectivity index is 2.24. The molecule has 0 radical (unpaired) electrons. The molecule has 1 N–H and O–H groups in total. The first-order valence-electron chi connectivity index (χ1n) is 5.55. The molecular weight excluding hydrogens is 280 g/mol. The van der Waals surface area contributed by atoms with Gasteiger partial charge in [0.15, 0.2) is 11.5 Å². The minimum absolute atomic E-state index is 0.0747. The average Bonchev–Trinajstić information content (AvgIpc) is 2.91. The minimum Gasteiger partial charge on any atom is -0.504 e. The summed E-state index contributed by atoms with van der Waals surface area (Å²) in [4.78, 5) is 0. The van der Waals surface area contributed by atoms with Crippen LogP contribution in [0.25, 0.3) is 0 Å². The second-order valence-corrected chi connectivity index (χ2v) is 7.10. The Bertz CT molecular complexity index is 588. The quantitative estimate of drug-likeness (QED) is 0.832. The molecule has 0 saturated carbocycles. The molecular formula is C11H11ClO5S. The highest BCUT2D eigenvalue weighted by molar-refractivity contribution is 8.13. The zero-order chi connectivity index (χ0) is 12.9. The number of hydrogen-bond donors (Lipinski definition) is 1. The van der Waals surface area contributed by atoms with Crippen molar-refractivity contribution < 1.29 is 23.0 Å². The van der Waals surface area contributed by atoms with Crippen molar-refractivity contribution >= 4 is 19.7 Å². The maximum absolute atomic E-state index is 11.3. The lowest BCUT2D eigenvalue weighted by atomic mass is 9.99. The largest absolute Gasteiger partial charge is 0.504 e. The molecule has 0 bridgehead atoms. The van der Waals surface area contributed by atoms with Crippen LogP contribution >= 0.6 is 10.7 Å². The van der Waals surface area contributed by atoms with Crippen LogP contribution in [0.15, 0.2) is 0 Å². The van der Waals surface area contributed by atoms with Gasteiger partial charge < -0.3 is 14.6 Å². The molecule has 7 heteroatoms. The van der Waals surface area contributed by atoms with Crippen LogP contribution in [0.2, 0.25) is 0 Å². The number of benzene rings is 1. The van der Waals surface area contributed by atoms with Crippen molar-refractivity contribution in [1.82, 2.24) is 0 Å². The van der Waals surface area contributed by atoms with Crippen LogP contribution in [0, 0.1) is 0 Å². The molecule has 1 aromatic carbocycles. The average molecular weight is 291 g/mol. The number of rotatable bonds is 2. The van der Waals surface area contributed by atoms with Gasteiger partial charge in [-0.2, -0.15) is 0 Å². The fraction of sp³-hybridized carbons (Fsp3) is 0.455. The standard InChI is InChI=1S/C11H11ClO5S/c12-18(14,15)5-8-6-1-3-17-11(6)9(13)7-2-4-16-10(7)8/h13H,1-5H2. The van der Waals surface area contributed by atoms with E-state index >= 15 is 0 Å². The highest BCUT2D eigenvalue weighted by Crippen LogP contribution is 2.48. The van der Waals surface area contributed by atoms with Crippen LogP contribution < -0.4 is 9.47 Å². The van der Waals surface area contributed by atoms with Crippen molar-refractivity contribution in [2.24, 2.45) is 0 Å². The normalized spacial score (nSPS) is 16.9. The maximum Gasteiger partial charge on any atom is 0.236 e. The molecule has 2 aliphatic rings. The van der Waals surface area contributed by atoms with Crippen molar-refractivity contribution in [2.45, 2.75) is 18.6 Å². The Labute approximate surface area is 109 Å². The number of phenolic OH excluding ortho intramolecular Hbond substituents is 1. The van der Waals surface area contributed by atoms with Crippen molar-refractivity contribution in [2.75, 3.05) is 13.2 Å². The summed E-state index contributed by atoms with van der Waals surface area (Å²) < 4.78 is 33.4. The van der Waals surface area contributed by atoms with Crippen molar-refractivity contribution in [3.63, 3.8) is 0 Å². The molecule has 3 rings (SSSR count). The molecule has 2 heterocycles. The number of ether oxygens (including phenoxy) is 2. The minimum atomic E-state index is -3.68.